The fraction of sp³-hybridized carbons (Fsp3) is 0.125. The Kier molecular flexibility index (Phi) is 2.57. The average Bonchev–Trinajstić information content (AvgIpc) is 2.03. The Morgan fingerprint density at radius 2 is 1.85 bits per heavy atom. The number of hydrogen-bond donors (Lipinski definition) is 1. The molecular formula is C8H5F2O3-. The van der Waals surface area contributed by atoms with Crippen LogP contribution in [0.4, 0.5) is 8.78 Å². The summed E-state index contributed by atoms with van der Waals surface area (Å²) in [4.78, 5) is 10.1. The summed E-state index contributed by atoms with van der Waals surface area (Å²) in [6.07, 6.45) is -2.28. The minimum Gasteiger partial charge on any atom is -0.547 e. The van der Waals surface area contributed by atoms with Crippen LogP contribution in [0, 0.1) is 11.6 Å². The molecule has 0 aliphatic carbocycles. The molecule has 0 aromatic heterocycles. The van der Waals surface area contributed by atoms with Gasteiger partial charge in [-0.15, -0.1) is 0 Å². The van der Waals surface area contributed by atoms with Gasteiger partial charge in [-0.2, -0.15) is 0 Å². The highest BCUT2D eigenvalue weighted by Gasteiger charge is 2.17. The maximum atomic E-state index is 12.8. The maximum absolute atomic E-state index is 12.8. The van der Waals surface area contributed by atoms with Crippen LogP contribution in [0.3, 0.4) is 0 Å². The largest absolute Gasteiger partial charge is 0.547 e. The van der Waals surface area contributed by atoms with Crippen LogP contribution in [0.2, 0.25) is 0 Å². The number of aliphatic hydroxyl groups is 1. The molecule has 1 aromatic carbocycles. The Hall–Kier alpha value is -1.49. The van der Waals surface area contributed by atoms with Gasteiger partial charge >= 0.3 is 0 Å². The first-order valence-corrected chi connectivity index (χ1v) is 3.37. The number of benzene rings is 1. The molecule has 0 aliphatic heterocycles. The van der Waals surface area contributed by atoms with E-state index < -0.39 is 29.3 Å². The van der Waals surface area contributed by atoms with Crippen molar-refractivity contribution < 1.29 is 23.8 Å². The van der Waals surface area contributed by atoms with Crippen molar-refractivity contribution in [3.63, 3.8) is 0 Å². The summed E-state index contributed by atoms with van der Waals surface area (Å²) in [6.45, 7) is 0. The lowest BCUT2D eigenvalue weighted by atomic mass is 10.1. The van der Waals surface area contributed by atoms with Crippen LogP contribution >= 0.6 is 0 Å². The van der Waals surface area contributed by atoms with Gasteiger partial charge in [-0.1, -0.05) is 6.07 Å². The smallest absolute Gasteiger partial charge is 0.132 e. The average molecular weight is 187 g/mol. The van der Waals surface area contributed by atoms with Crippen LogP contribution in [-0.4, -0.2) is 11.1 Å². The van der Waals surface area contributed by atoms with Crippen LogP contribution < -0.4 is 5.11 Å². The van der Waals surface area contributed by atoms with E-state index in [-0.39, 0.29) is 0 Å². The summed E-state index contributed by atoms with van der Waals surface area (Å²) in [7, 11) is 0. The molecule has 13 heavy (non-hydrogen) atoms. The molecule has 0 aliphatic rings. The highest BCUT2D eigenvalue weighted by atomic mass is 19.1. The predicted molar refractivity (Wildman–Crippen MR) is 36.3 cm³/mol. The minimum absolute atomic E-state index is 0.852. The van der Waals surface area contributed by atoms with Gasteiger partial charge in [0.2, 0.25) is 0 Å². The van der Waals surface area contributed by atoms with Crippen molar-refractivity contribution in [1.29, 1.82) is 0 Å². The van der Waals surface area contributed by atoms with Crippen molar-refractivity contribution in [1.82, 2.24) is 0 Å². The normalized spacial score (nSPS) is 12.5. The van der Waals surface area contributed by atoms with Gasteiger partial charge < -0.3 is 15.0 Å². The summed E-state index contributed by atoms with van der Waals surface area (Å²) in [5, 5.41) is 18.9. The lowest BCUT2D eigenvalue weighted by molar-refractivity contribution is -0.315. The van der Waals surface area contributed by atoms with Crippen molar-refractivity contribution in [3.8, 4) is 0 Å². The third-order valence-corrected chi connectivity index (χ3v) is 1.50. The molecule has 1 rings (SSSR count). The lowest BCUT2D eigenvalue weighted by Gasteiger charge is -2.12. The molecule has 0 heterocycles. The lowest BCUT2D eigenvalue weighted by Crippen LogP contribution is -2.30. The molecule has 0 bridgehead atoms. The second kappa shape index (κ2) is 3.49. The molecule has 70 valence electrons. The van der Waals surface area contributed by atoms with E-state index in [0.717, 1.165) is 18.2 Å². The van der Waals surface area contributed by atoms with Crippen LogP contribution in [-0.2, 0) is 4.79 Å². The first kappa shape index (κ1) is 9.60. The van der Waals surface area contributed by atoms with Crippen LogP contribution in [0.5, 0.6) is 0 Å². The van der Waals surface area contributed by atoms with Gasteiger partial charge in [-0.3, -0.25) is 0 Å². The predicted octanol–water partition coefficient (Wildman–Crippen LogP) is -0.252. The molecule has 1 aromatic rings. The molecule has 0 saturated heterocycles. The summed E-state index contributed by atoms with van der Waals surface area (Å²) in [5.74, 6) is -4.17. The van der Waals surface area contributed by atoms with Crippen LogP contribution in [0.1, 0.15) is 11.7 Å². The van der Waals surface area contributed by atoms with E-state index in [9.17, 15) is 18.7 Å². The molecular weight excluding hydrogens is 182 g/mol. The summed E-state index contributed by atoms with van der Waals surface area (Å²) >= 11 is 0. The van der Waals surface area contributed by atoms with Gasteiger partial charge in [0.05, 0.1) is 11.5 Å². The van der Waals surface area contributed by atoms with Crippen LogP contribution in [0.15, 0.2) is 18.2 Å². The van der Waals surface area contributed by atoms with Crippen molar-refractivity contribution in [2.45, 2.75) is 6.10 Å². The Bertz CT molecular complexity index is 318. The number of rotatable bonds is 2. The van der Waals surface area contributed by atoms with Gasteiger partial charge in [-0.25, -0.2) is 8.78 Å². The van der Waals surface area contributed by atoms with E-state index in [1.165, 1.54) is 0 Å². The number of halogens is 2. The molecule has 1 N–H and O–H groups in total. The van der Waals surface area contributed by atoms with E-state index in [2.05, 4.69) is 0 Å². The van der Waals surface area contributed by atoms with E-state index in [4.69, 9.17) is 5.11 Å². The molecule has 0 unspecified atom stereocenters. The minimum atomic E-state index is -2.28. The Morgan fingerprint density at radius 3 is 2.23 bits per heavy atom. The molecule has 3 nitrogen and oxygen atoms in total. The maximum Gasteiger partial charge on any atom is 0.132 e. The second-order valence-electron chi connectivity index (χ2n) is 2.36. The molecule has 0 spiro atoms. The van der Waals surface area contributed by atoms with Crippen molar-refractivity contribution in [3.05, 3.63) is 35.4 Å². The molecule has 1 atom stereocenters. The van der Waals surface area contributed by atoms with Gasteiger partial charge in [0.25, 0.3) is 0 Å². The standard InChI is InChI=1S/C8H6F2O3/c9-4-2-1-3-5(10)6(4)7(11)8(12)13/h1-3,7,11H,(H,12,13)/p-1/t7-/m0/s1. The molecule has 0 fully saturated rings. The number of aliphatic carboxylic acids is 1. The zero-order valence-electron chi connectivity index (χ0n) is 6.33. The number of aliphatic hydroxyl groups excluding tert-OH is 1. The third-order valence-electron chi connectivity index (χ3n) is 1.50. The summed E-state index contributed by atoms with van der Waals surface area (Å²) in [5.41, 5.74) is -0.900. The van der Waals surface area contributed by atoms with Gasteiger partial charge in [0.1, 0.15) is 17.7 Å². The third kappa shape index (κ3) is 1.81. The van der Waals surface area contributed by atoms with Gasteiger partial charge in [0.15, 0.2) is 0 Å². The highest BCUT2D eigenvalue weighted by molar-refractivity contribution is 5.72. The topological polar surface area (TPSA) is 60.4 Å². The Morgan fingerprint density at radius 1 is 1.38 bits per heavy atom. The number of hydrogen-bond acceptors (Lipinski definition) is 3. The number of carbonyl (C=O) groups is 1. The van der Waals surface area contributed by atoms with E-state index in [1.54, 1.807) is 0 Å². The van der Waals surface area contributed by atoms with E-state index in [1.807, 2.05) is 0 Å². The highest BCUT2D eigenvalue weighted by Crippen LogP contribution is 2.19. The zero-order valence-corrected chi connectivity index (χ0v) is 6.33. The monoisotopic (exact) mass is 187 g/mol. The van der Waals surface area contributed by atoms with E-state index >= 15 is 0 Å². The van der Waals surface area contributed by atoms with Gasteiger partial charge in [-0.05, 0) is 12.1 Å². The second-order valence-corrected chi connectivity index (χ2v) is 2.36. The van der Waals surface area contributed by atoms with Crippen molar-refractivity contribution >= 4 is 5.97 Å². The first-order valence-electron chi connectivity index (χ1n) is 3.37. The summed E-state index contributed by atoms with van der Waals surface area (Å²) < 4.78 is 25.5. The summed E-state index contributed by atoms with van der Waals surface area (Å²) in [6, 6.07) is 2.77. The van der Waals surface area contributed by atoms with Crippen molar-refractivity contribution in [2.24, 2.45) is 0 Å². The fourth-order valence-electron chi connectivity index (χ4n) is 0.890. The molecule has 5 heteroatoms. The van der Waals surface area contributed by atoms with E-state index in [0.29, 0.717) is 0 Å². The Labute approximate surface area is 72.2 Å². The fourth-order valence-corrected chi connectivity index (χ4v) is 0.890. The van der Waals surface area contributed by atoms with Crippen molar-refractivity contribution in [2.75, 3.05) is 0 Å². The number of carboxylic acid groups (broad SMARTS) is 1. The first-order chi connectivity index (χ1) is 6.04. The SMILES string of the molecule is O=C([O-])[C@@H](O)c1c(F)cccc1F. The Balaban J connectivity index is 3.20. The molecule has 0 radical (unpaired) electrons. The quantitative estimate of drug-likeness (QED) is 0.694. The number of carboxylic acids is 1. The van der Waals surface area contributed by atoms with Crippen LogP contribution in [0.25, 0.3) is 0 Å². The molecule has 0 amide bonds. The number of carbonyl (C=O) groups excluding carboxylic acids is 1. The zero-order chi connectivity index (χ0) is 10.0. The van der Waals surface area contributed by atoms with Gasteiger partial charge in [0, 0.05) is 0 Å². The molecule has 0 saturated carbocycles.